The highest BCUT2D eigenvalue weighted by molar-refractivity contribution is 5.56. The molecule has 0 aliphatic rings. The first-order valence-electron chi connectivity index (χ1n) is 7.04. The van der Waals surface area contributed by atoms with Gasteiger partial charge in [0, 0.05) is 30.5 Å². The largest absolute Gasteiger partial charge is 0.357 e. The molecule has 1 aromatic heterocycles. The third-order valence-corrected chi connectivity index (χ3v) is 3.20. The quantitative estimate of drug-likeness (QED) is 0.911. The maximum Gasteiger partial charge on any atom is 0.229 e. The Morgan fingerprint density at radius 1 is 1.14 bits per heavy atom. The minimum Gasteiger partial charge on any atom is -0.357 e. The summed E-state index contributed by atoms with van der Waals surface area (Å²) in [6.45, 7) is 7.98. The van der Waals surface area contributed by atoms with Crippen molar-refractivity contribution in [3.63, 3.8) is 0 Å². The van der Waals surface area contributed by atoms with Crippen molar-refractivity contribution in [1.82, 2.24) is 9.97 Å². The fourth-order valence-electron chi connectivity index (χ4n) is 2.07. The van der Waals surface area contributed by atoms with Crippen LogP contribution in [0.15, 0.2) is 30.3 Å². The lowest BCUT2D eigenvalue weighted by Crippen LogP contribution is -2.23. The molecule has 0 bridgehead atoms. The van der Waals surface area contributed by atoms with Crippen LogP contribution in [0.1, 0.15) is 25.1 Å². The maximum absolute atomic E-state index is 8.81. The van der Waals surface area contributed by atoms with Crippen LogP contribution in [0.5, 0.6) is 0 Å². The molecular weight excluding hydrogens is 262 g/mol. The van der Waals surface area contributed by atoms with Crippen molar-refractivity contribution in [2.75, 3.05) is 23.3 Å². The summed E-state index contributed by atoms with van der Waals surface area (Å²) in [5.74, 6) is 1.49. The van der Waals surface area contributed by atoms with Gasteiger partial charge in [-0.05, 0) is 45.0 Å². The average molecular weight is 281 g/mol. The summed E-state index contributed by atoms with van der Waals surface area (Å²) < 4.78 is 0. The van der Waals surface area contributed by atoms with Crippen molar-refractivity contribution in [3.8, 4) is 6.07 Å². The molecule has 0 spiro atoms. The van der Waals surface area contributed by atoms with Gasteiger partial charge in [-0.2, -0.15) is 10.2 Å². The molecule has 5 nitrogen and oxygen atoms in total. The van der Waals surface area contributed by atoms with Gasteiger partial charge >= 0.3 is 0 Å². The minimum atomic E-state index is 0.571. The Morgan fingerprint density at radius 2 is 1.81 bits per heavy atom. The van der Waals surface area contributed by atoms with Crippen molar-refractivity contribution in [3.05, 3.63) is 41.6 Å². The monoisotopic (exact) mass is 281 g/mol. The van der Waals surface area contributed by atoms with E-state index >= 15 is 0 Å². The predicted octanol–water partition coefficient (Wildman–Crippen LogP) is 3.25. The molecule has 2 rings (SSSR count). The van der Waals surface area contributed by atoms with Crippen LogP contribution in [-0.4, -0.2) is 23.1 Å². The van der Waals surface area contributed by atoms with Crippen LogP contribution in [0.3, 0.4) is 0 Å². The van der Waals surface area contributed by atoms with Crippen molar-refractivity contribution < 1.29 is 0 Å². The molecule has 0 amide bonds. The number of hydrogen-bond acceptors (Lipinski definition) is 5. The lowest BCUT2D eigenvalue weighted by atomic mass is 10.2. The van der Waals surface area contributed by atoms with E-state index in [1.807, 2.05) is 25.1 Å². The molecular formula is C16H19N5. The standard InChI is InChI=1S/C16H19N5/c1-4-21(5-2)15-10-12(3)18-16(20-15)19-14-8-6-13(11-17)7-9-14/h6-10H,4-5H2,1-3H3,(H,18,19,20). The lowest BCUT2D eigenvalue weighted by molar-refractivity contribution is 0.840. The summed E-state index contributed by atoms with van der Waals surface area (Å²) in [6.07, 6.45) is 0. The normalized spacial score (nSPS) is 10.0. The van der Waals surface area contributed by atoms with Crippen LogP contribution < -0.4 is 10.2 Å². The van der Waals surface area contributed by atoms with Crippen LogP contribution >= 0.6 is 0 Å². The molecule has 0 unspecified atom stereocenters. The number of aromatic nitrogens is 2. The molecule has 1 N–H and O–H groups in total. The molecule has 5 heteroatoms. The smallest absolute Gasteiger partial charge is 0.229 e. The Balaban J connectivity index is 2.25. The van der Waals surface area contributed by atoms with Crippen molar-refractivity contribution in [2.24, 2.45) is 0 Å². The fourth-order valence-corrected chi connectivity index (χ4v) is 2.07. The number of benzene rings is 1. The number of anilines is 3. The average Bonchev–Trinajstić information content (AvgIpc) is 2.49. The summed E-state index contributed by atoms with van der Waals surface area (Å²) in [5, 5.41) is 12.0. The topological polar surface area (TPSA) is 64.8 Å². The third-order valence-electron chi connectivity index (χ3n) is 3.20. The van der Waals surface area contributed by atoms with E-state index < -0.39 is 0 Å². The van der Waals surface area contributed by atoms with Crippen LogP contribution in [0.4, 0.5) is 17.5 Å². The molecule has 1 heterocycles. The molecule has 0 aliphatic carbocycles. The Labute approximate surface area is 125 Å². The van der Waals surface area contributed by atoms with Gasteiger partial charge in [0.15, 0.2) is 0 Å². The highest BCUT2D eigenvalue weighted by atomic mass is 15.2. The number of aryl methyl sites for hydroxylation is 1. The van der Waals surface area contributed by atoms with E-state index in [0.29, 0.717) is 11.5 Å². The molecule has 108 valence electrons. The zero-order valence-electron chi connectivity index (χ0n) is 12.6. The minimum absolute atomic E-state index is 0.571. The first kappa shape index (κ1) is 14.8. The van der Waals surface area contributed by atoms with Gasteiger partial charge in [-0.3, -0.25) is 0 Å². The second kappa shape index (κ2) is 6.71. The summed E-state index contributed by atoms with van der Waals surface area (Å²) in [7, 11) is 0. The number of nitrogens with zero attached hydrogens (tertiary/aromatic N) is 4. The molecule has 0 aliphatic heterocycles. The molecule has 0 saturated heterocycles. The van der Waals surface area contributed by atoms with Crippen LogP contribution in [0, 0.1) is 18.3 Å². The molecule has 0 atom stereocenters. The molecule has 21 heavy (non-hydrogen) atoms. The van der Waals surface area contributed by atoms with Crippen molar-refractivity contribution in [2.45, 2.75) is 20.8 Å². The van der Waals surface area contributed by atoms with Crippen molar-refractivity contribution >= 4 is 17.5 Å². The maximum atomic E-state index is 8.81. The zero-order valence-corrected chi connectivity index (χ0v) is 12.6. The summed E-state index contributed by atoms with van der Waals surface area (Å²) in [6, 6.07) is 11.3. The fraction of sp³-hybridized carbons (Fsp3) is 0.312. The Bertz CT molecular complexity index is 639. The number of nitrogens with one attached hydrogen (secondary N) is 1. The highest BCUT2D eigenvalue weighted by Crippen LogP contribution is 2.18. The Hall–Kier alpha value is -2.61. The van der Waals surface area contributed by atoms with Gasteiger partial charge in [0.05, 0.1) is 11.6 Å². The zero-order chi connectivity index (χ0) is 15.2. The summed E-state index contributed by atoms with van der Waals surface area (Å²) in [4.78, 5) is 11.1. The van der Waals surface area contributed by atoms with Gasteiger partial charge in [-0.1, -0.05) is 0 Å². The van der Waals surface area contributed by atoms with Gasteiger partial charge in [-0.15, -0.1) is 0 Å². The predicted molar refractivity (Wildman–Crippen MR) is 84.8 cm³/mol. The first-order valence-corrected chi connectivity index (χ1v) is 7.04. The van der Waals surface area contributed by atoms with Gasteiger partial charge in [0.2, 0.25) is 5.95 Å². The highest BCUT2D eigenvalue weighted by Gasteiger charge is 2.07. The summed E-state index contributed by atoms with van der Waals surface area (Å²) in [5.41, 5.74) is 2.42. The van der Waals surface area contributed by atoms with E-state index in [2.05, 4.69) is 40.1 Å². The van der Waals surface area contributed by atoms with E-state index in [1.54, 1.807) is 12.1 Å². The SMILES string of the molecule is CCN(CC)c1cc(C)nc(Nc2ccc(C#N)cc2)n1. The Morgan fingerprint density at radius 3 is 2.38 bits per heavy atom. The second-order valence-corrected chi connectivity index (χ2v) is 4.68. The van der Waals surface area contributed by atoms with E-state index in [1.165, 1.54) is 0 Å². The molecule has 0 saturated carbocycles. The van der Waals surface area contributed by atoms with E-state index in [-0.39, 0.29) is 0 Å². The van der Waals surface area contributed by atoms with Crippen LogP contribution in [0.2, 0.25) is 0 Å². The number of rotatable bonds is 5. The second-order valence-electron chi connectivity index (χ2n) is 4.68. The van der Waals surface area contributed by atoms with E-state index in [9.17, 15) is 0 Å². The number of nitriles is 1. The van der Waals surface area contributed by atoms with E-state index in [0.717, 1.165) is 30.3 Å². The molecule has 2 aromatic rings. The third kappa shape index (κ3) is 3.69. The van der Waals surface area contributed by atoms with E-state index in [4.69, 9.17) is 5.26 Å². The molecule has 0 fully saturated rings. The van der Waals surface area contributed by atoms with Crippen LogP contribution in [0.25, 0.3) is 0 Å². The first-order chi connectivity index (χ1) is 10.2. The van der Waals surface area contributed by atoms with Crippen molar-refractivity contribution in [1.29, 1.82) is 5.26 Å². The molecule has 1 aromatic carbocycles. The number of hydrogen-bond donors (Lipinski definition) is 1. The van der Waals surface area contributed by atoms with Gasteiger partial charge in [0.1, 0.15) is 5.82 Å². The van der Waals surface area contributed by atoms with Gasteiger partial charge in [-0.25, -0.2) is 4.98 Å². The van der Waals surface area contributed by atoms with Crippen LogP contribution in [-0.2, 0) is 0 Å². The summed E-state index contributed by atoms with van der Waals surface area (Å²) >= 11 is 0. The Kier molecular flexibility index (Phi) is 4.72. The molecule has 0 radical (unpaired) electrons. The van der Waals surface area contributed by atoms with Gasteiger partial charge in [0.25, 0.3) is 0 Å². The van der Waals surface area contributed by atoms with Gasteiger partial charge < -0.3 is 10.2 Å². The lowest BCUT2D eigenvalue weighted by Gasteiger charge is -2.20.